The lowest BCUT2D eigenvalue weighted by Gasteiger charge is -2.15. The van der Waals surface area contributed by atoms with Crippen molar-refractivity contribution in [3.63, 3.8) is 0 Å². The molecule has 0 unspecified atom stereocenters. The number of fused-ring (bicyclic) bond motifs is 1. The molecule has 1 aromatic heterocycles. The van der Waals surface area contributed by atoms with Gasteiger partial charge in [0.15, 0.2) is 23.3 Å². The maximum absolute atomic E-state index is 13.7. The van der Waals surface area contributed by atoms with Gasteiger partial charge in [0.2, 0.25) is 5.89 Å². The van der Waals surface area contributed by atoms with Crippen LogP contribution in [-0.4, -0.2) is 17.0 Å². The quantitative estimate of drug-likeness (QED) is 0.530. The first-order chi connectivity index (χ1) is 13.6. The molecule has 3 aromatic carbocycles. The molecule has 28 heavy (non-hydrogen) atoms. The highest BCUT2D eigenvalue weighted by Crippen LogP contribution is 2.25. The smallest absolute Gasteiger partial charge is 0.265 e. The molecule has 140 valence electrons. The Morgan fingerprint density at radius 2 is 1.75 bits per heavy atom. The van der Waals surface area contributed by atoms with E-state index in [0.29, 0.717) is 17.2 Å². The maximum atomic E-state index is 13.7. The van der Waals surface area contributed by atoms with Crippen LogP contribution in [0, 0.1) is 5.82 Å². The number of benzene rings is 3. The molecule has 5 nitrogen and oxygen atoms in total. The minimum absolute atomic E-state index is 0.0384. The van der Waals surface area contributed by atoms with Gasteiger partial charge >= 0.3 is 0 Å². The number of carbonyl (C=O) groups excluding carboxylic acids is 1. The minimum Gasteiger partial charge on any atom is -0.478 e. The first kappa shape index (κ1) is 17.7. The number of halogens is 1. The van der Waals surface area contributed by atoms with E-state index < -0.39 is 11.9 Å². The number of para-hydroxylation sites is 3. The Labute approximate surface area is 160 Å². The lowest BCUT2D eigenvalue weighted by atomic mass is 10.2. The van der Waals surface area contributed by atoms with Crippen molar-refractivity contribution >= 4 is 22.7 Å². The summed E-state index contributed by atoms with van der Waals surface area (Å²) in [6, 6.07) is 20.6. The van der Waals surface area contributed by atoms with Crippen molar-refractivity contribution in [2.75, 3.05) is 5.32 Å². The Kier molecular flexibility index (Phi) is 4.76. The first-order valence-corrected chi connectivity index (χ1v) is 8.78. The largest absolute Gasteiger partial charge is 0.478 e. The zero-order chi connectivity index (χ0) is 19.5. The maximum Gasteiger partial charge on any atom is 0.265 e. The third-order valence-electron chi connectivity index (χ3n) is 4.20. The Morgan fingerprint density at radius 3 is 2.50 bits per heavy atom. The van der Waals surface area contributed by atoms with Crippen LogP contribution < -0.4 is 10.1 Å². The summed E-state index contributed by atoms with van der Waals surface area (Å²) in [4.78, 5) is 16.8. The van der Waals surface area contributed by atoms with Crippen LogP contribution in [0.1, 0.15) is 6.92 Å². The van der Waals surface area contributed by atoms with Crippen molar-refractivity contribution in [2.45, 2.75) is 13.0 Å². The number of hydrogen-bond acceptors (Lipinski definition) is 4. The predicted molar refractivity (Wildman–Crippen MR) is 105 cm³/mol. The zero-order valence-corrected chi connectivity index (χ0v) is 15.1. The van der Waals surface area contributed by atoms with Crippen molar-refractivity contribution in [1.29, 1.82) is 0 Å². The second kappa shape index (κ2) is 7.52. The summed E-state index contributed by atoms with van der Waals surface area (Å²) < 4.78 is 24.8. The van der Waals surface area contributed by atoms with Gasteiger partial charge < -0.3 is 14.5 Å². The normalized spacial score (nSPS) is 11.9. The summed E-state index contributed by atoms with van der Waals surface area (Å²) in [6.45, 7) is 1.56. The third kappa shape index (κ3) is 3.71. The van der Waals surface area contributed by atoms with Gasteiger partial charge in [-0.05, 0) is 55.5 Å². The van der Waals surface area contributed by atoms with Crippen molar-refractivity contribution in [3.05, 3.63) is 78.6 Å². The molecule has 4 aromatic rings. The summed E-state index contributed by atoms with van der Waals surface area (Å²) in [5, 5.41) is 2.75. The van der Waals surface area contributed by atoms with Gasteiger partial charge in [0.05, 0.1) is 0 Å². The van der Waals surface area contributed by atoms with Gasteiger partial charge in [-0.15, -0.1) is 0 Å². The summed E-state index contributed by atoms with van der Waals surface area (Å²) in [5.74, 6) is -0.338. The SMILES string of the molecule is C[C@H](Oc1ccccc1F)C(=O)Nc1ccc(-c2nc3ccccc3o2)cc1. The van der Waals surface area contributed by atoms with E-state index in [1.165, 1.54) is 12.1 Å². The summed E-state index contributed by atoms with van der Waals surface area (Å²) in [6.07, 6.45) is -0.853. The standard InChI is InChI=1S/C22H17FN2O3/c1-14(27-19-8-4-2-6-17(19)23)21(26)24-16-12-10-15(11-13-16)22-25-18-7-3-5-9-20(18)28-22/h2-14H,1H3,(H,24,26)/t14-/m0/s1. The average molecular weight is 376 g/mol. The molecule has 6 heteroatoms. The molecule has 0 saturated heterocycles. The van der Waals surface area contributed by atoms with Gasteiger partial charge in [0.1, 0.15) is 5.52 Å². The van der Waals surface area contributed by atoms with E-state index >= 15 is 0 Å². The number of ether oxygens (including phenoxy) is 1. The topological polar surface area (TPSA) is 64.4 Å². The van der Waals surface area contributed by atoms with Crippen molar-refractivity contribution < 1.29 is 18.3 Å². The zero-order valence-electron chi connectivity index (χ0n) is 15.1. The van der Waals surface area contributed by atoms with Gasteiger partial charge in [0.25, 0.3) is 5.91 Å². The van der Waals surface area contributed by atoms with Crippen LogP contribution in [0.2, 0.25) is 0 Å². The van der Waals surface area contributed by atoms with Crippen LogP contribution in [0.25, 0.3) is 22.6 Å². The molecule has 0 bridgehead atoms. The Morgan fingerprint density at radius 1 is 1.04 bits per heavy atom. The van der Waals surface area contributed by atoms with Gasteiger partial charge in [-0.1, -0.05) is 24.3 Å². The van der Waals surface area contributed by atoms with Crippen LogP contribution in [0.4, 0.5) is 10.1 Å². The van der Waals surface area contributed by atoms with Crippen LogP contribution in [0.15, 0.2) is 77.2 Å². The van der Waals surface area contributed by atoms with Crippen molar-refractivity contribution in [2.24, 2.45) is 0 Å². The number of aromatic nitrogens is 1. The molecule has 0 saturated carbocycles. The predicted octanol–water partition coefficient (Wildman–Crippen LogP) is 5.04. The van der Waals surface area contributed by atoms with E-state index in [1.807, 2.05) is 36.4 Å². The number of anilines is 1. The first-order valence-electron chi connectivity index (χ1n) is 8.78. The Bertz CT molecular complexity index is 1090. The van der Waals surface area contributed by atoms with Crippen molar-refractivity contribution in [3.8, 4) is 17.2 Å². The fraction of sp³-hybridized carbons (Fsp3) is 0.0909. The van der Waals surface area contributed by atoms with Gasteiger partial charge in [-0.25, -0.2) is 9.37 Å². The average Bonchev–Trinajstić information content (AvgIpc) is 3.14. The molecule has 0 aliphatic heterocycles. The van der Waals surface area contributed by atoms with Gasteiger partial charge in [-0.3, -0.25) is 4.79 Å². The Balaban J connectivity index is 1.43. The summed E-state index contributed by atoms with van der Waals surface area (Å²) >= 11 is 0. The second-order valence-corrected chi connectivity index (χ2v) is 6.24. The number of hydrogen-bond donors (Lipinski definition) is 1. The number of rotatable bonds is 5. The highest BCUT2D eigenvalue weighted by Gasteiger charge is 2.17. The van der Waals surface area contributed by atoms with Crippen molar-refractivity contribution in [1.82, 2.24) is 4.98 Å². The van der Waals surface area contributed by atoms with E-state index in [9.17, 15) is 9.18 Å². The second-order valence-electron chi connectivity index (χ2n) is 6.24. The molecule has 0 aliphatic carbocycles. The molecule has 1 atom stereocenters. The highest BCUT2D eigenvalue weighted by molar-refractivity contribution is 5.94. The fourth-order valence-corrected chi connectivity index (χ4v) is 2.72. The van der Waals surface area contributed by atoms with Crippen LogP contribution in [0.5, 0.6) is 5.75 Å². The summed E-state index contributed by atoms with van der Waals surface area (Å²) in [5.41, 5.74) is 2.89. The monoisotopic (exact) mass is 376 g/mol. The van der Waals surface area contributed by atoms with Crippen LogP contribution >= 0.6 is 0 Å². The van der Waals surface area contributed by atoms with E-state index in [4.69, 9.17) is 9.15 Å². The highest BCUT2D eigenvalue weighted by atomic mass is 19.1. The number of oxazole rings is 1. The van der Waals surface area contributed by atoms with E-state index in [0.717, 1.165) is 11.1 Å². The lowest BCUT2D eigenvalue weighted by molar-refractivity contribution is -0.122. The lowest BCUT2D eigenvalue weighted by Crippen LogP contribution is -2.30. The number of amides is 1. The minimum atomic E-state index is -0.853. The summed E-state index contributed by atoms with van der Waals surface area (Å²) in [7, 11) is 0. The third-order valence-corrected chi connectivity index (χ3v) is 4.20. The van der Waals surface area contributed by atoms with Crippen LogP contribution in [-0.2, 0) is 4.79 Å². The van der Waals surface area contributed by atoms with Gasteiger partial charge in [-0.2, -0.15) is 0 Å². The fourth-order valence-electron chi connectivity index (χ4n) is 2.72. The molecule has 1 heterocycles. The molecule has 0 spiro atoms. The molecule has 4 rings (SSSR count). The molecular weight excluding hydrogens is 359 g/mol. The molecule has 0 radical (unpaired) electrons. The Hall–Kier alpha value is -3.67. The molecular formula is C22H17FN2O3. The van der Waals surface area contributed by atoms with E-state index in [-0.39, 0.29) is 11.7 Å². The molecule has 1 amide bonds. The van der Waals surface area contributed by atoms with E-state index in [2.05, 4.69) is 10.3 Å². The molecule has 1 N–H and O–H groups in total. The van der Waals surface area contributed by atoms with Gasteiger partial charge in [0, 0.05) is 11.3 Å². The van der Waals surface area contributed by atoms with E-state index in [1.54, 1.807) is 31.2 Å². The number of carbonyl (C=O) groups is 1. The molecule has 0 fully saturated rings. The number of nitrogens with zero attached hydrogens (tertiary/aromatic N) is 1. The number of nitrogens with one attached hydrogen (secondary N) is 1. The molecule has 0 aliphatic rings. The van der Waals surface area contributed by atoms with Crippen LogP contribution in [0.3, 0.4) is 0 Å².